The topological polar surface area (TPSA) is 21.9 Å². The van der Waals surface area contributed by atoms with Crippen LogP contribution in [0.5, 0.6) is 0 Å². The third-order valence-corrected chi connectivity index (χ3v) is 2.71. The highest BCUT2D eigenvalue weighted by Gasteiger charge is 2.32. The molecule has 0 spiro atoms. The van der Waals surface area contributed by atoms with Crippen LogP contribution in [0.3, 0.4) is 0 Å². The normalized spacial score (nSPS) is 26.0. The molecule has 1 nitrogen and oxygen atoms in total. The fourth-order valence-corrected chi connectivity index (χ4v) is 1.79. The Balaban J connectivity index is 2.06. The fourth-order valence-electron chi connectivity index (χ4n) is 1.79. The van der Waals surface area contributed by atoms with Gasteiger partial charge in [0.1, 0.15) is 0 Å². The summed E-state index contributed by atoms with van der Waals surface area (Å²) in [6.07, 6.45) is 2.44. The number of hydrogen-bond acceptors (Lipinski definition) is 1. The molecule has 0 aliphatic carbocycles. The second kappa shape index (κ2) is 3.51. The molecule has 0 radical (unpaired) electrons. The summed E-state index contributed by atoms with van der Waals surface area (Å²) in [6.45, 7) is 4.45. The van der Waals surface area contributed by atoms with E-state index in [9.17, 15) is 0 Å². The minimum absolute atomic E-state index is 0.621. The summed E-state index contributed by atoms with van der Waals surface area (Å²) in [6, 6.07) is 10.3. The molecule has 1 saturated heterocycles. The molecule has 1 fully saturated rings. The van der Waals surface area contributed by atoms with Crippen LogP contribution in [-0.2, 0) is 6.42 Å². The molecule has 13 heavy (non-hydrogen) atoms. The zero-order chi connectivity index (χ0) is 9.26. The van der Waals surface area contributed by atoms with E-state index in [0.29, 0.717) is 12.1 Å². The summed E-state index contributed by atoms with van der Waals surface area (Å²) in [5, 5.41) is 3.40. The van der Waals surface area contributed by atoms with Gasteiger partial charge >= 0.3 is 0 Å². The molecule has 1 aliphatic heterocycles. The lowest BCUT2D eigenvalue weighted by atomic mass is 10.1. The van der Waals surface area contributed by atoms with Gasteiger partial charge in [-0.05, 0) is 24.5 Å². The van der Waals surface area contributed by atoms with Crippen LogP contribution in [0.25, 0.3) is 0 Å². The van der Waals surface area contributed by atoms with Crippen LogP contribution >= 0.6 is 0 Å². The predicted octanol–water partition coefficient (Wildman–Crippen LogP) is 2.67. The standard InChI is InChI=1S/C12H17N/c1-3-4-10-5-7-11(8-6-10)12-9(2)13-12/h5-9,12-13H,3-4H2,1-2H3. The summed E-state index contributed by atoms with van der Waals surface area (Å²) in [4.78, 5) is 0. The van der Waals surface area contributed by atoms with Crippen molar-refractivity contribution in [2.24, 2.45) is 0 Å². The van der Waals surface area contributed by atoms with Gasteiger partial charge in [-0.3, -0.25) is 0 Å². The quantitative estimate of drug-likeness (QED) is 0.701. The molecule has 2 rings (SSSR count). The number of benzene rings is 1. The molecule has 2 unspecified atom stereocenters. The van der Waals surface area contributed by atoms with Crippen LogP contribution in [0.4, 0.5) is 0 Å². The van der Waals surface area contributed by atoms with Crippen molar-refractivity contribution in [2.75, 3.05) is 0 Å². The minimum Gasteiger partial charge on any atom is -0.304 e. The van der Waals surface area contributed by atoms with E-state index in [-0.39, 0.29) is 0 Å². The number of nitrogens with one attached hydrogen (secondary N) is 1. The average molecular weight is 175 g/mol. The molecule has 0 aromatic heterocycles. The van der Waals surface area contributed by atoms with Crippen molar-refractivity contribution >= 4 is 0 Å². The zero-order valence-electron chi connectivity index (χ0n) is 8.38. The van der Waals surface area contributed by atoms with Crippen molar-refractivity contribution in [3.05, 3.63) is 35.4 Å². The van der Waals surface area contributed by atoms with Gasteiger partial charge in [-0.1, -0.05) is 37.6 Å². The SMILES string of the molecule is CCCc1ccc(C2NC2C)cc1. The smallest absolute Gasteiger partial charge is 0.0476 e. The Labute approximate surface area is 80.2 Å². The summed E-state index contributed by atoms with van der Waals surface area (Å²) in [7, 11) is 0. The van der Waals surface area contributed by atoms with Gasteiger partial charge in [0.2, 0.25) is 0 Å². The van der Waals surface area contributed by atoms with Crippen molar-refractivity contribution < 1.29 is 0 Å². The van der Waals surface area contributed by atoms with E-state index in [2.05, 4.69) is 43.4 Å². The number of aryl methyl sites for hydroxylation is 1. The van der Waals surface area contributed by atoms with Crippen molar-refractivity contribution in [3.63, 3.8) is 0 Å². The molecule has 2 atom stereocenters. The van der Waals surface area contributed by atoms with E-state index < -0.39 is 0 Å². The second-order valence-electron chi connectivity index (χ2n) is 3.92. The predicted molar refractivity (Wildman–Crippen MR) is 55.8 cm³/mol. The Hall–Kier alpha value is -0.820. The maximum Gasteiger partial charge on any atom is 0.0476 e. The van der Waals surface area contributed by atoms with Crippen molar-refractivity contribution in [3.8, 4) is 0 Å². The highest BCUT2D eigenvalue weighted by molar-refractivity contribution is 5.29. The third-order valence-electron chi connectivity index (χ3n) is 2.71. The fraction of sp³-hybridized carbons (Fsp3) is 0.500. The van der Waals surface area contributed by atoms with E-state index in [1.807, 2.05) is 0 Å². The maximum atomic E-state index is 3.40. The lowest BCUT2D eigenvalue weighted by Crippen LogP contribution is -1.87. The van der Waals surface area contributed by atoms with Crippen LogP contribution in [0.2, 0.25) is 0 Å². The van der Waals surface area contributed by atoms with Crippen LogP contribution < -0.4 is 5.32 Å². The summed E-state index contributed by atoms with van der Waals surface area (Å²) in [5.74, 6) is 0. The van der Waals surface area contributed by atoms with Gasteiger partial charge in [-0.2, -0.15) is 0 Å². The van der Waals surface area contributed by atoms with Gasteiger partial charge in [0.05, 0.1) is 0 Å². The summed E-state index contributed by atoms with van der Waals surface area (Å²) in [5.41, 5.74) is 2.90. The Morgan fingerprint density at radius 3 is 2.31 bits per heavy atom. The van der Waals surface area contributed by atoms with Gasteiger partial charge in [0.25, 0.3) is 0 Å². The first-order valence-corrected chi connectivity index (χ1v) is 5.16. The van der Waals surface area contributed by atoms with Crippen molar-refractivity contribution in [1.29, 1.82) is 0 Å². The Kier molecular flexibility index (Phi) is 2.36. The van der Waals surface area contributed by atoms with Crippen LogP contribution in [0, 0.1) is 0 Å². The zero-order valence-corrected chi connectivity index (χ0v) is 8.38. The van der Waals surface area contributed by atoms with Crippen molar-refractivity contribution in [1.82, 2.24) is 5.32 Å². The molecule has 1 aromatic carbocycles. The maximum absolute atomic E-state index is 3.40. The molecule has 0 bridgehead atoms. The first kappa shape index (κ1) is 8.76. The third kappa shape index (κ3) is 1.92. The lowest BCUT2D eigenvalue weighted by Gasteiger charge is -2.00. The van der Waals surface area contributed by atoms with Gasteiger partial charge < -0.3 is 5.32 Å². The first-order valence-electron chi connectivity index (χ1n) is 5.16. The molecule has 1 heterocycles. The molecule has 1 aliphatic rings. The largest absolute Gasteiger partial charge is 0.304 e. The monoisotopic (exact) mass is 175 g/mol. The molecule has 1 heteroatoms. The average Bonchev–Trinajstić information content (AvgIpc) is 2.85. The summed E-state index contributed by atoms with van der Waals surface area (Å²) < 4.78 is 0. The van der Waals surface area contributed by atoms with Gasteiger partial charge in [0.15, 0.2) is 0 Å². The van der Waals surface area contributed by atoms with Gasteiger partial charge in [0, 0.05) is 12.1 Å². The molecular formula is C12H17N. The molecule has 0 saturated carbocycles. The Bertz CT molecular complexity index is 276. The molecule has 1 N–H and O–H groups in total. The lowest BCUT2D eigenvalue weighted by molar-refractivity contribution is 0.918. The van der Waals surface area contributed by atoms with Crippen LogP contribution in [-0.4, -0.2) is 6.04 Å². The van der Waals surface area contributed by atoms with E-state index in [0.717, 1.165) is 0 Å². The molecule has 0 amide bonds. The summed E-state index contributed by atoms with van der Waals surface area (Å²) >= 11 is 0. The van der Waals surface area contributed by atoms with E-state index in [1.54, 1.807) is 0 Å². The Morgan fingerprint density at radius 2 is 1.85 bits per heavy atom. The highest BCUT2D eigenvalue weighted by atomic mass is 15.1. The van der Waals surface area contributed by atoms with Gasteiger partial charge in [-0.15, -0.1) is 0 Å². The number of rotatable bonds is 3. The molecule has 1 aromatic rings. The molecular weight excluding hydrogens is 158 g/mol. The second-order valence-corrected chi connectivity index (χ2v) is 3.92. The first-order chi connectivity index (χ1) is 6.31. The Morgan fingerprint density at radius 1 is 1.23 bits per heavy atom. The minimum atomic E-state index is 0.621. The number of hydrogen-bond donors (Lipinski definition) is 1. The van der Waals surface area contributed by atoms with Crippen LogP contribution in [0.15, 0.2) is 24.3 Å². The highest BCUT2D eigenvalue weighted by Crippen LogP contribution is 2.28. The van der Waals surface area contributed by atoms with E-state index in [1.165, 1.54) is 24.0 Å². The van der Waals surface area contributed by atoms with E-state index in [4.69, 9.17) is 0 Å². The van der Waals surface area contributed by atoms with Crippen LogP contribution in [0.1, 0.15) is 37.4 Å². The van der Waals surface area contributed by atoms with Gasteiger partial charge in [-0.25, -0.2) is 0 Å². The van der Waals surface area contributed by atoms with E-state index >= 15 is 0 Å². The van der Waals surface area contributed by atoms with Crippen molar-refractivity contribution in [2.45, 2.75) is 38.8 Å². The molecule has 70 valence electrons.